The van der Waals surface area contributed by atoms with Gasteiger partial charge in [0.15, 0.2) is 0 Å². The SMILES string of the molecule is C=C(C)c1cc2c(c3cn[nH]c13)CN(CC(C)(C)C)C(=O)C1(CC(=O)OC)C[C@H]21. The Labute approximate surface area is 171 Å². The van der Waals surface area contributed by atoms with Crippen molar-refractivity contribution in [1.82, 2.24) is 15.1 Å². The molecule has 154 valence electrons. The van der Waals surface area contributed by atoms with Gasteiger partial charge in [0, 0.05) is 30.0 Å². The minimum atomic E-state index is -0.701. The lowest BCUT2D eigenvalue weighted by atomic mass is 9.90. The third kappa shape index (κ3) is 3.15. The highest BCUT2D eigenvalue weighted by atomic mass is 16.5. The van der Waals surface area contributed by atoms with Crippen molar-refractivity contribution in [2.45, 2.75) is 53.0 Å². The molecule has 1 aromatic carbocycles. The summed E-state index contributed by atoms with van der Waals surface area (Å²) in [6, 6.07) is 2.15. The van der Waals surface area contributed by atoms with Crippen molar-refractivity contribution in [3.8, 4) is 0 Å². The topological polar surface area (TPSA) is 75.3 Å². The highest BCUT2D eigenvalue weighted by molar-refractivity contribution is 5.97. The van der Waals surface area contributed by atoms with Crippen LogP contribution in [0.25, 0.3) is 16.5 Å². The van der Waals surface area contributed by atoms with Gasteiger partial charge in [-0.15, -0.1) is 0 Å². The molecule has 1 aliphatic heterocycles. The molecular formula is C23H29N3O3. The molecule has 1 amide bonds. The number of aromatic amines is 1. The Balaban J connectivity index is 1.90. The van der Waals surface area contributed by atoms with E-state index in [0.717, 1.165) is 33.2 Å². The largest absolute Gasteiger partial charge is 0.469 e. The molecular weight excluding hydrogens is 366 g/mol. The van der Waals surface area contributed by atoms with E-state index < -0.39 is 5.41 Å². The number of esters is 1. The number of carbonyl (C=O) groups excluding carboxylic acids is 2. The van der Waals surface area contributed by atoms with E-state index in [2.05, 4.69) is 43.6 Å². The quantitative estimate of drug-likeness (QED) is 0.794. The number of methoxy groups -OCH3 is 1. The Morgan fingerprint density at radius 2 is 2.17 bits per heavy atom. The number of amides is 1. The Hall–Kier alpha value is -2.63. The number of nitrogens with zero attached hydrogens (tertiary/aromatic N) is 2. The van der Waals surface area contributed by atoms with Crippen molar-refractivity contribution < 1.29 is 14.3 Å². The number of benzene rings is 1. The molecule has 0 bridgehead atoms. The maximum atomic E-state index is 13.7. The van der Waals surface area contributed by atoms with Gasteiger partial charge in [-0.3, -0.25) is 14.7 Å². The van der Waals surface area contributed by atoms with Crippen molar-refractivity contribution in [3.63, 3.8) is 0 Å². The molecule has 2 atom stereocenters. The molecule has 1 fully saturated rings. The van der Waals surface area contributed by atoms with Crippen LogP contribution >= 0.6 is 0 Å². The lowest BCUT2D eigenvalue weighted by molar-refractivity contribution is -0.148. The molecule has 2 heterocycles. The average Bonchev–Trinajstić information content (AvgIpc) is 3.15. The van der Waals surface area contributed by atoms with Crippen LogP contribution in [0, 0.1) is 10.8 Å². The van der Waals surface area contributed by atoms with Crippen LogP contribution in [-0.4, -0.2) is 40.6 Å². The minimum Gasteiger partial charge on any atom is -0.469 e. The van der Waals surface area contributed by atoms with Crippen LogP contribution in [0.2, 0.25) is 0 Å². The van der Waals surface area contributed by atoms with E-state index in [4.69, 9.17) is 4.74 Å². The highest BCUT2D eigenvalue weighted by Crippen LogP contribution is 2.65. The zero-order valence-corrected chi connectivity index (χ0v) is 17.9. The molecule has 29 heavy (non-hydrogen) atoms. The second kappa shape index (κ2) is 6.44. The first-order chi connectivity index (χ1) is 13.6. The first-order valence-electron chi connectivity index (χ1n) is 10.1. The standard InChI is InChI=1S/C23H29N3O3/c1-13(2)14-7-15-17(16-10-24-25-20(14)16)11-26(12-22(3,4)5)21(28)23(8-18(15)23)9-19(27)29-6/h7,10,18H,1,8-9,11-12H2,2-6H3,(H,24,25)/t18-,23?/m1/s1. The van der Waals surface area contributed by atoms with Crippen molar-refractivity contribution in [2.75, 3.05) is 13.7 Å². The predicted octanol–water partition coefficient (Wildman–Crippen LogP) is 4.02. The molecule has 1 aliphatic carbocycles. The van der Waals surface area contributed by atoms with Gasteiger partial charge in [-0.25, -0.2) is 0 Å². The molecule has 6 heteroatoms. The van der Waals surface area contributed by atoms with Gasteiger partial charge in [0.05, 0.1) is 30.7 Å². The molecule has 4 rings (SSSR count). The molecule has 1 aromatic heterocycles. The number of fused-ring (bicyclic) bond motifs is 5. The Morgan fingerprint density at radius 3 is 2.79 bits per heavy atom. The fourth-order valence-corrected chi connectivity index (χ4v) is 4.84. The van der Waals surface area contributed by atoms with Gasteiger partial charge in [0.1, 0.15) is 0 Å². The van der Waals surface area contributed by atoms with Crippen LogP contribution in [0.5, 0.6) is 0 Å². The Kier molecular flexibility index (Phi) is 4.37. The molecule has 0 spiro atoms. The first kappa shape index (κ1) is 19.7. The smallest absolute Gasteiger partial charge is 0.306 e. The number of allylic oxidation sites excluding steroid dienone is 1. The predicted molar refractivity (Wildman–Crippen MR) is 112 cm³/mol. The summed E-state index contributed by atoms with van der Waals surface area (Å²) in [5.41, 5.74) is 4.45. The van der Waals surface area contributed by atoms with E-state index >= 15 is 0 Å². The zero-order chi connectivity index (χ0) is 21.1. The van der Waals surface area contributed by atoms with Crippen LogP contribution in [0.1, 0.15) is 63.1 Å². The number of aromatic nitrogens is 2. The number of ether oxygens (including phenoxy) is 1. The summed E-state index contributed by atoms with van der Waals surface area (Å²) < 4.78 is 4.94. The van der Waals surface area contributed by atoms with E-state index in [-0.39, 0.29) is 29.6 Å². The van der Waals surface area contributed by atoms with Crippen molar-refractivity contribution in [2.24, 2.45) is 10.8 Å². The summed E-state index contributed by atoms with van der Waals surface area (Å²) in [7, 11) is 1.38. The minimum absolute atomic E-state index is 0.0199. The lowest BCUT2D eigenvalue weighted by Gasteiger charge is -2.32. The van der Waals surface area contributed by atoms with Crippen LogP contribution in [-0.2, 0) is 20.9 Å². The van der Waals surface area contributed by atoms with Gasteiger partial charge >= 0.3 is 5.97 Å². The molecule has 0 radical (unpaired) electrons. The average molecular weight is 396 g/mol. The molecule has 0 saturated heterocycles. The molecule has 2 aliphatic rings. The third-order valence-electron chi connectivity index (χ3n) is 6.21. The van der Waals surface area contributed by atoms with E-state index in [1.165, 1.54) is 7.11 Å². The summed E-state index contributed by atoms with van der Waals surface area (Å²) >= 11 is 0. The fraction of sp³-hybridized carbons (Fsp3) is 0.522. The number of carbonyl (C=O) groups is 2. The van der Waals surface area contributed by atoms with Gasteiger partial charge in [-0.2, -0.15) is 5.10 Å². The number of H-pyrrole nitrogens is 1. The fourth-order valence-electron chi connectivity index (χ4n) is 4.84. The van der Waals surface area contributed by atoms with Crippen LogP contribution in [0.3, 0.4) is 0 Å². The second-order valence-corrected chi connectivity index (χ2v) is 9.82. The van der Waals surface area contributed by atoms with Gasteiger partial charge in [0.2, 0.25) is 5.91 Å². The number of rotatable bonds is 4. The molecule has 1 N–H and O–H groups in total. The number of hydrogen-bond donors (Lipinski definition) is 1. The van der Waals surface area contributed by atoms with E-state index in [9.17, 15) is 9.59 Å². The van der Waals surface area contributed by atoms with Crippen LogP contribution < -0.4 is 0 Å². The Bertz CT molecular complexity index is 1030. The lowest BCUT2D eigenvalue weighted by Crippen LogP contribution is -2.41. The van der Waals surface area contributed by atoms with Crippen LogP contribution in [0.15, 0.2) is 18.8 Å². The number of hydrogen-bond acceptors (Lipinski definition) is 4. The summed E-state index contributed by atoms with van der Waals surface area (Å²) in [4.78, 5) is 27.8. The normalized spacial score (nSPS) is 23.4. The first-order valence-corrected chi connectivity index (χ1v) is 10.1. The van der Waals surface area contributed by atoms with Crippen LogP contribution in [0.4, 0.5) is 0 Å². The zero-order valence-electron chi connectivity index (χ0n) is 17.9. The molecule has 1 saturated carbocycles. The Morgan fingerprint density at radius 1 is 1.45 bits per heavy atom. The van der Waals surface area contributed by atoms with Gasteiger partial charge in [-0.05, 0) is 41.5 Å². The maximum absolute atomic E-state index is 13.7. The summed E-state index contributed by atoms with van der Waals surface area (Å²) in [6.45, 7) is 13.6. The molecule has 2 aromatic rings. The second-order valence-electron chi connectivity index (χ2n) is 9.82. The van der Waals surface area contributed by atoms with Crippen molar-refractivity contribution in [3.05, 3.63) is 35.5 Å². The van der Waals surface area contributed by atoms with Gasteiger partial charge < -0.3 is 9.64 Å². The molecule has 1 unspecified atom stereocenters. The van der Waals surface area contributed by atoms with Crippen molar-refractivity contribution in [1.29, 1.82) is 0 Å². The monoisotopic (exact) mass is 395 g/mol. The third-order valence-corrected chi connectivity index (χ3v) is 6.21. The van der Waals surface area contributed by atoms with Gasteiger partial charge in [-0.1, -0.05) is 27.4 Å². The van der Waals surface area contributed by atoms with Gasteiger partial charge in [0.25, 0.3) is 0 Å². The van der Waals surface area contributed by atoms with Crippen molar-refractivity contribution >= 4 is 28.4 Å². The molecule has 6 nitrogen and oxygen atoms in total. The summed E-state index contributed by atoms with van der Waals surface area (Å²) in [6.07, 6.45) is 2.64. The maximum Gasteiger partial charge on any atom is 0.306 e. The highest BCUT2D eigenvalue weighted by Gasteiger charge is 2.64. The van der Waals surface area contributed by atoms with E-state index in [1.807, 2.05) is 18.0 Å². The van der Waals surface area contributed by atoms with E-state index in [0.29, 0.717) is 19.5 Å². The van der Waals surface area contributed by atoms with E-state index in [1.54, 1.807) is 0 Å². The summed E-state index contributed by atoms with van der Waals surface area (Å²) in [5, 5.41) is 8.42. The number of nitrogens with one attached hydrogen (secondary N) is 1. The summed E-state index contributed by atoms with van der Waals surface area (Å²) in [5.74, 6) is -0.247.